The van der Waals surface area contributed by atoms with Crippen molar-refractivity contribution in [2.75, 3.05) is 0 Å². The van der Waals surface area contributed by atoms with Crippen molar-refractivity contribution in [3.8, 4) is 78.7 Å². The average Bonchev–Trinajstić information content (AvgIpc) is 3.65. The molecule has 0 atom stereocenters. The predicted octanol–water partition coefficient (Wildman–Crippen LogP) is 13.4. The number of nitrogens with zero attached hydrogens (tertiary/aromatic N) is 3. The second-order valence-electron chi connectivity index (χ2n) is 13.6. The van der Waals surface area contributed by atoms with Gasteiger partial charge in [-0.15, -0.1) is 0 Å². The van der Waals surface area contributed by atoms with Crippen molar-refractivity contribution in [1.29, 1.82) is 0 Å². The lowest BCUT2D eigenvalue weighted by Gasteiger charge is -2.14. The van der Waals surface area contributed by atoms with Gasteiger partial charge in [0, 0.05) is 27.5 Å². The molecule has 4 heteroatoms. The second kappa shape index (κ2) is 13.8. The minimum atomic E-state index is 0.620. The Kier molecular flexibility index (Phi) is 8.12. The Morgan fingerprint density at radius 1 is 0.255 bits per heavy atom. The molecule has 0 saturated carbocycles. The van der Waals surface area contributed by atoms with E-state index in [1.54, 1.807) is 0 Å². The van der Waals surface area contributed by atoms with Gasteiger partial charge in [0.25, 0.3) is 0 Å². The van der Waals surface area contributed by atoms with Gasteiger partial charge in [-0.05, 0) is 62.7 Å². The molecule has 0 aliphatic rings. The molecule has 2 aromatic heterocycles. The summed E-state index contributed by atoms with van der Waals surface area (Å²) in [5, 5.41) is 2.26. The van der Waals surface area contributed by atoms with Crippen LogP contribution in [0.3, 0.4) is 0 Å². The van der Waals surface area contributed by atoms with Crippen molar-refractivity contribution >= 4 is 21.9 Å². The van der Waals surface area contributed by atoms with Gasteiger partial charge in [-0.1, -0.05) is 182 Å². The second-order valence-corrected chi connectivity index (χ2v) is 13.6. The molecule has 10 rings (SSSR count). The molecule has 0 saturated heterocycles. The average molecular weight is 704 g/mol. The summed E-state index contributed by atoms with van der Waals surface area (Å²) in [5.74, 6) is 1.88. The summed E-state index contributed by atoms with van der Waals surface area (Å²) in [5.41, 5.74) is 13.6. The third-order valence-corrected chi connectivity index (χ3v) is 10.2. The van der Waals surface area contributed by atoms with E-state index in [-0.39, 0.29) is 0 Å². The zero-order chi connectivity index (χ0) is 36.6. The lowest BCUT2D eigenvalue weighted by atomic mass is 9.97. The minimum Gasteiger partial charge on any atom is -0.456 e. The summed E-state index contributed by atoms with van der Waals surface area (Å²) in [6.45, 7) is 0. The highest BCUT2D eigenvalue weighted by Gasteiger charge is 2.18. The van der Waals surface area contributed by atoms with Gasteiger partial charge < -0.3 is 4.42 Å². The molecule has 0 spiro atoms. The van der Waals surface area contributed by atoms with Crippen LogP contribution in [0.15, 0.2) is 205 Å². The smallest absolute Gasteiger partial charge is 0.164 e. The molecule has 8 aromatic carbocycles. The molecule has 0 unspecified atom stereocenters. The zero-order valence-corrected chi connectivity index (χ0v) is 29.8. The fourth-order valence-electron chi connectivity index (χ4n) is 7.41. The summed E-state index contributed by atoms with van der Waals surface area (Å²) >= 11 is 0. The van der Waals surface area contributed by atoms with E-state index in [9.17, 15) is 0 Å². The van der Waals surface area contributed by atoms with Gasteiger partial charge in [-0.2, -0.15) is 0 Å². The van der Waals surface area contributed by atoms with E-state index >= 15 is 0 Å². The maximum atomic E-state index is 6.05. The summed E-state index contributed by atoms with van der Waals surface area (Å²) < 4.78 is 6.05. The van der Waals surface area contributed by atoms with Crippen molar-refractivity contribution in [2.24, 2.45) is 0 Å². The van der Waals surface area contributed by atoms with Crippen LogP contribution in [0.5, 0.6) is 0 Å². The summed E-state index contributed by atoms with van der Waals surface area (Å²) in [6.07, 6.45) is 0. The minimum absolute atomic E-state index is 0.620. The van der Waals surface area contributed by atoms with Crippen LogP contribution in [0, 0.1) is 0 Å². The molecular formula is C51H33N3O. The van der Waals surface area contributed by atoms with Gasteiger partial charge in [0.05, 0.1) is 0 Å². The highest BCUT2D eigenvalue weighted by molar-refractivity contribution is 6.06. The van der Waals surface area contributed by atoms with Crippen LogP contribution < -0.4 is 0 Å². The Morgan fingerprint density at radius 3 is 1.22 bits per heavy atom. The third kappa shape index (κ3) is 6.16. The van der Waals surface area contributed by atoms with E-state index in [0.717, 1.165) is 83.1 Å². The molecule has 0 fully saturated rings. The van der Waals surface area contributed by atoms with Crippen molar-refractivity contribution in [3.05, 3.63) is 200 Å². The van der Waals surface area contributed by atoms with Crippen LogP contribution in [-0.2, 0) is 0 Å². The molecular weight excluding hydrogens is 671 g/mol. The first-order valence-corrected chi connectivity index (χ1v) is 18.4. The number of furan rings is 1. The molecule has 55 heavy (non-hydrogen) atoms. The fourth-order valence-corrected chi connectivity index (χ4v) is 7.41. The first-order chi connectivity index (χ1) is 27.2. The van der Waals surface area contributed by atoms with Crippen molar-refractivity contribution in [1.82, 2.24) is 15.0 Å². The highest BCUT2D eigenvalue weighted by atomic mass is 16.3. The Bertz CT molecular complexity index is 2850. The molecule has 10 aromatic rings. The van der Waals surface area contributed by atoms with E-state index in [1.807, 2.05) is 36.4 Å². The Morgan fingerprint density at radius 2 is 0.655 bits per heavy atom. The SMILES string of the molecule is c1ccc(-c2ccccc2-c2nc(-c3ccc(-c4ccc(-c5ccc6oc7ccccc7c6c5)cc4)cc3)nc(-c3ccccc3-c3ccccc3)n2)cc1. The fraction of sp³-hybridized carbons (Fsp3) is 0. The van der Waals surface area contributed by atoms with E-state index in [0.29, 0.717) is 17.5 Å². The van der Waals surface area contributed by atoms with Gasteiger partial charge in [-0.3, -0.25) is 0 Å². The normalized spacial score (nSPS) is 11.3. The molecule has 0 N–H and O–H groups in total. The lowest BCUT2D eigenvalue weighted by molar-refractivity contribution is 0.669. The van der Waals surface area contributed by atoms with Crippen molar-refractivity contribution in [2.45, 2.75) is 0 Å². The number of rotatable bonds is 7. The predicted molar refractivity (Wildman–Crippen MR) is 225 cm³/mol. The van der Waals surface area contributed by atoms with E-state index in [1.165, 1.54) is 0 Å². The van der Waals surface area contributed by atoms with E-state index in [4.69, 9.17) is 19.4 Å². The maximum Gasteiger partial charge on any atom is 0.164 e. The monoisotopic (exact) mass is 703 g/mol. The first-order valence-electron chi connectivity index (χ1n) is 18.4. The number of fused-ring (bicyclic) bond motifs is 3. The van der Waals surface area contributed by atoms with Crippen LogP contribution in [0.25, 0.3) is 101 Å². The molecule has 4 nitrogen and oxygen atoms in total. The van der Waals surface area contributed by atoms with Gasteiger partial charge in [0.15, 0.2) is 17.5 Å². The summed E-state index contributed by atoms with van der Waals surface area (Å²) in [4.78, 5) is 15.5. The summed E-state index contributed by atoms with van der Waals surface area (Å²) in [6, 6.07) is 69.3. The number of aromatic nitrogens is 3. The highest BCUT2D eigenvalue weighted by Crippen LogP contribution is 2.37. The molecule has 0 amide bonds. The van der Waals surface area contributed by atoms with Gasteiger partial charge >= 0.3 is 0 Å². The van der Waals surface area contributed by atoms with Crippen molar-refractivity contribution in [3.63, 3.8) is 0 Å². The van der Waals surface area contributed by atoms with Crippen LogP contribution in [0.1, 0.15) is 0 Å². The molecule has 0 aliphatic carbocycles. The molecule has 0 aliphatic heterocycles. The standard InChI is InChI=1S/C51H33N3O/c1-3-13-37(14-4-1)41-17-7-9-20-44(41)50-52-49(53-51(54-50)45-21-10-8-18-42(45)38-15-5-2-6-16-38)39-29-27-35(28-30-39)34-23-25-36(26-24-34)40-31-32-48-46(33-40)43-19-11-12-22-47(43)55-48/h1-33H. The number of hydrogen-bond donors (Lipinski definition) is 0. The third-order valence-electron chi connectivity index (χ3n) is 10.2. The quantitative estimate of drug-likeness (QED) is 0.166. The topological polar surface area (TPSA) is 51.8 Å². The van der Waals surface area contributed by atoms with Crippen molar-refractivity contribution < 1.29 is 4.42 Å². The maximum absolute atomic E-state index is 6.05. The van der Waals surface area contributed by atoms with Gasteiger partial charge in [0.1, 0.15) is 11.2 Å². The number of para-hydroxylation sites is 1. The Balaban J connectivity index is 1.03. The van der Waals surface area contributed by atoms with Crippen LogP contribution in [0.2, 0.25) is 0 Å². The van der Waals surface area contributed by atoms with E-state index < -0.39 is 0 Å². The lowest BCUT2D eigenvalue weighted by Crippen LogP contribution is -2.02. The molecule has 0 bridgehead atoms. The Labute approximate surface area is 319 Å². The molecule has 2 heterocycles. The Hall–Kier alpha value is -7.43. The van der Waals surface area contributed by atoms with E-state index in [2.05, 4.69) is 164 Å². The molecule has 0 radical (unpaired) electrons. The molecule has 258 valence electrons. The van der Waals surface area contributed by atoms with Gasteiger partial charge in [0.2, 0.25) is 0 Å². The van der Waals surface area contributed by atoms with Crippen LogP contribution in [-0.4, -0.2) is 15.0 Å². The zero-order valence-electron chi connectivity index (χ0n) is 29.8. The largest absolute Gasteiger partial charge is 0.456 e. The van der Waals surface area contributed by atoms with Gasteiger partial charge in [-0.25, -0.2) is 15.0 Å². The number of benzene rings is 8. The first kappa shape index (κ1) is 32.2. The number of hydrogen-bond acceptors (Lipinski definition) is 4. The van der Waals surface area contributed by atoms with Crippen LogP contribution >= 0.6 is 0 Å². The van der Waals surface area contributed by atoms with Crippen LogP contribution in [0.4, 0.5) is 0 Å². The summed E-state index contributed by atoms with van der Waals surface area (Å²) in [7, 11) is 0.